The summed E-state index contributed by atoms with van der Waals surface area (Å²) in [5.74, 6) is 1.31. The number of halogens is 2. The molecule has 3 aromatic rings. The number of anilines is 1. The molecule has 1 saturated heterocycles. The Morgan fingerprint density at radius 1 is 1.12 bits per heavy atom. The second-order valence-corrected chi connectivity index (χ2v) is 9.72. The van der Waals surface area contributed by atoms with E-state index < -0.39 is 0 Å². The Labute approximate surface area is 203 Å². The van der Waals surface area contributed by atoms with Crippen LogP contribution in [0.25, 0.3) is 11.3 Å². The predicted octanol–water partition coefficient (Wildman–Crippen LogP) is 6.97. The molecule has 0 unspecified atom stereocenters. The standard InChI is InChI=1S/C26H25Cl2N3O2/c1-16-13-20(11-12-31(16)19-9-5-17(14-29)6-10-19)32-15-21-25(30-33-26(21)18-7-8-18)24-22(27)3-2-4-23(24)28/h2-6,9-10,16,18,20H,7-8,11-13,15H2,1H3/t16-,20-/m0/s1. The number of nitrogens with zero attached hydrogens (tertiary/aromatic N) is 3. The molecule has 33 heavy (non-hydrogen) atoms. The van der Waals surface area contributed by atoms with Gasteiger partial charge in [0.15, 0.2) is 0 Å². The Morgan fingerprint density at radius 2 is 1.85 bits per heavy atom. The predicted molar refractivity (Wildman–Crippen MR) is 130 cm³/mol. The molecule has 0 spiro atoms. The van der Waals surface area contributed by atoms with Crippen molar-refractivity contribution in [3.8, 4) is 17.3 Å². The van der Waals surface area contributed by atoms with E-state index in [0.29, 0.717) is 45.4 Å². The Balaban J connectivity index is 1.30. The first-order valence-corrected chi connectivity index (χ1v) is 12.1. The smallest absolute Gasteiger partial charge is 0.145 e. The second kappa shape index (κ2) is 9.38. The summed E-state index contributed by atoms with van der Waals surface area (Å²) >= 11 is 12.9. The van der Waals surface area contributed by atoms with Crippen LogP contribution in [0.2, 0.25) is 10.0 Å². The van der Waals surface area contributed by atoms with Crippen LogP contribution in [0.3, 0.4) is 0 Å². The summed E-state index contributed by atoms with van der Waals surface area (Å²) < 4.78 is 12.2. The minimum absolute atomic E-state index is 0.145. The van der Waals surface area contributed by atoms with E-state index >= 15 is 0 Å². The normalized spacial score (nSPS) is 20.6. The van der Waals surface area contributed by atoms with Gasteiger partial charge in [0, 0.05) is 35.3 Å². The molecular weight excluding hydrogens is 457 g/mol. The average Bonchev–Trinajstić information content (AvgIpc) is 3.58. The first-order valence-electron chi connectivity index (χ1n) is 11.4. The number of aromatic nitrogens is 1. The Hall–Kier alpha value is -2.52. The van der Waals surface area contributed by atoms with Crippen molar-refractivity contribution in [1.82, 2.24) is 5.16 Å². The van der Waals surface area contributed by atoms with Gasteiger partial charge in [-0.2, -0.15) is 5.26 Å². The van der Waals surface area contributed by atoms with Crippen LogP contribution in [0.15, 0.2) is 47.0 Å². The van der Waals surface area contributed by atoms with E-state index in [1.54, 1.807) is 0 Å². The summed E-state index contributed by atoms with van der Waals surface area (Å²) in [5.41, 5.74) is 4.19. The van der Waals surface area contributed by atoms with Crippen molar-refractivity contribution in [1.29, 1.82) is 5.26 Å². The van der Waals surface area contributed by atoms with Crippen molar-refractivity contribution in [3.63, 3.8) is 0 Å². The van der Waals surface area contributed by atoms with E-state index in [2.05, 4.69) is 23.0 Å². The highest BCUT2D eigenvalue weighted by molar-refractivity contribution is 6.39. The van der Waals surface area contributed by atoms with Gasteiger partial charge in [-0.3, -0.25) is 0 Å². The number of benzene rings is 2. The number of rotatable bonds is 6. The van der Waals surface area contributed by atoms with Gasteiger partial charge in [0.2, 0.25) is 0 Å². The quantitative estimate of drug-likeness (QED) is 0.380. The highest BCUT2D eigenvalue weighted by Crippen LogP contribution is 2.46. The SMILES string of the molecule is C[C@H]1C[C@@H](OCc2c(-c3c(Cl)cccc3Cl)noc2C2CC2)CCN1c1ccc(C#N)cc1. The van der Waals surface area contributed by atoms with Gasteiger partial charge in [-0.05, 0) is 69.0 Å². The molecule has 2 atom stereocenters. The van der Waals surface area contributed by atoms with Crippen molar-refractivity contribution in [2.24, 2.45) is 0 Å². The lowest BCUT2D eigenvalue weighted by Crippen LogP contribution is -2.43. The van der Waals surface area contributed by atoms with Gasteiger partial charge in [0.05, 0.1) is 34.4 Å². The molecule has 7 heteroatoms. The highest BCUT2D eigenvalue weighted by Gasteiger charge is 2.34. The van der Waals surface area contributed by atoms with Gasteiger partial charge in [-0.15, -0.1) is 0 Å². The summed E-state index contributed by atoms with van der Waals surface area (Å²) in [6.45, 7) is 3.55. The van der Waals surface area contributed by atoms with Crippen LogP contribution in [-0.2, 0) is 11.3 Å². The zero-order chi connectivity index (χ0) is 22.9. The molecule has 2 aromatic carbocycles. The Bertz CT molecular complexity index is 1160. The Morgan fingerprint density at radius 3 is 2.48 bits per heavy atom. The molecule has 0 bridgehead atoms. The van der Waals surface area contributed by atoms with E-state index in [0.717, 1.165) is 49.2 Å². The zero-order valence-corrected chi connectivity index (χ0v) is 19.9. The van der Waals surface area contributed by atoms with E-state index in [9.17, 15) is 0 Å². The van der Waals surface area contributed by atoms with Gasteiger partial charge < -0.3 is 14.2 Å². The minimum atomic E-state index is 0.145. The molecular formula is C26H25Cl2N3O2. The van der Waals surface area contributed by atoms with Crippen LogP contribution in [-0.4, -0.2) is 23.8 Å². The summed E-state index contributed by atoms with van der Waals surface area (Å²) in [5, 5.41) is 14.5. The van der Waals surface area contributed by atoms with Crippen LogP contribution < -0.4 is 4.90 Å². The van der Waals surface area contributed by atoms with E-state index in [1.807, 2.05) is 42.5 Å². The van der Waals surface area contributed by atoms with Crippen molar-refractivity contribution < 1.29 is 9.26 Å². The zero-order valence-electron chi connectivity index (χ0n) is 18.4. The lowest BCUT2D eigenvalue weighted by molar-refractivity contribution is 0.0175. The summed E-state index contributed by atoms with van der Waals surface area (Å²) in [4.78, 5) is 2.38. The molecule has 1 aliphatic heterocycles. The van der Waals surface area contributed by atoms with Gasteiger partial charge in [0.25, 0.3) is 0 Å². The van der Waals surface area contributed by atoms with Gasteiger partial charge in [0.1, 0.15) is 11.5 Å². The molecule has 5 rings (SSSR count). The third-order valence-electron chi connectivity index (χ3n) is 6.59. The topological polar surface area (TPSA) is 62.3 Å². The Kier molecular flexibility index (Phi) is 6.34. The lowest BCUT2D eigenvalue weighted by atomic mass is 9.99. The van der Waals surface area contributed by atoms with Crippen molar-refractivity contribution in [2.75, 3.05) is 11.4 Å². The molecule has 2 heterocycles. The van der Waals surface area contributed by atoms with Crippen LogP contribution in [0.5, 0.6) is 0 Å². The maximum Gasteiger partial charge on any atom is 0.145 e. The number of piperidine rings is 1. The monoisotopic (exact) mass is 481 g/mol. The molecule has 0 amide bonds. The van der Waals surface area contributed by atoms with Crippen molar-refractivity contribution >= 4 is 28.9 Å². The molecule has 1 aliphatic carbocycles. The summed E-state index contributed by atoms with van der Waals surface area (Å²) in [7, 11) is 0. The maximum atomic E-state index is 9.04. The minimum Gasteiger partial charge on any atom is -0.373 e. The summed E-state index contributed by atoms with van der Waals surface area (Å²) in [6, 6.07) is 15.8. The highest BCUT2D eigenvalue weighted by atomic mass is 35.5. The first-order chi connectivity index (χ1) is 16.0. The molecule has 1 saturated carbocycles. The fraction of sp³-hybridized carbons (Fsp3) is 0.385. The molecule has 5 nitrogen and oxygen atoms in total. The lowest BCUT2D eigenvalue weighted by Gasteiger charge is -2.39. The van der Waals surface area contributed by atoms with E-state index in [1.165, 1.54) is 0 Å². The summed E-state index contributed by atoms with van der Waals surface area (Å²) in [6.07, 6.45) is 4.21. The number of nitriles is 1. The van der Waals surface area contributed by atoms with Gasteiger partial charge >= 0.3 is 0 Å². The molecule has 1 aromatic heterocycles. The van der Waals surface area contributed by atoms with Crippen LogP contribution >= 0.6 is 23.2 Å². The molecule has 0 N–H and O–H groups in total. The third-order valence-corrected chi connectivity index (χ3v) is 7.22. The van der Waals surface area contributed by atoms with Crippen molar-refractivity contribution in [2.45, 2.75) is 57.3 Å². The number of hydrogen-bond donors (Lipinski definition) is 0. The average molecular weight is 482 g/mol. The second-order valence-electron chi connectivity index (χ2n) is 8.90. The van der Waals surface area contributed by atoms with Gasteiger partial charge in [-0.25, -0.2) is 0 Å². The van der Waals surface area contributed by atoms with Gasteiger partial charge in [-0.1, -0.05) is 34.4 Å². The van der Waals surface area contributed by atoms with Crippen LogP contribution in [0, 0.1) is 11.3 Å². The largest absolute Gasteiger partial charge is 0.373 e. The fourth-order valence-corrected chi connectivity index (χ4v) is 5.22. The molecule has 2 aliphatic rings. The number of ether oxygens (including phenoxy) is 1. The number of hydrogen-bond acceptors (Lipinski definition) is 5. The fourth-order valence-electron chi connectivity index (χ4n) is 4.64. The van der Waals surface area contributed by atoms with Crippen molar-refractivity contribution in [3.05, 3.63) is 69.4 Å². The maximum absolute atomic E-state index is 9.04. The molecule has 170 valence electrons. The molecule has 2 fully saturated rings. The van der Waals surface area contributed by atoms with E-state index in [4.69, 9.17) is 37.7 Å². The van der Waals surface area contributed by atoms with Crippen LogP contribution in [0.1, 0.15) is 55.4 Å². The van der Waals surface area contributed by atoms with Crippen LogP contribution in [0.4, 0.5) is 5.69 Å². The first kappa shape index (κ1) is 22.3. The third kappa shape index (κ3) is 4.61. The van der Waals surface area contributed by atoms with E-state index in [-0.39, 0.29) is 6.10 Å². The molecule has 0 radical (unpaired) electrons.